The summed E-state index contributed by atoms with van der Waals surface area (Å²) in [4.78, 5) is 68.6. The third kappa shape index (κ3) is 7.10. The van der Waals surface area contributed by atoms with E-state index < -0.39 is 28.7 Å². The number of rotatable bonds is 13. The van der Waals surface area contributed by atoms with Crippen LogP contribution in [0.5, 0.6) is 0 Å². The van der Waals surface area contributed by atoms with Crippen molar-refractivity contribution in [1.82, 2.24) is 4.90 Å². The van der Waals surface area contributed by atoms with Crippen molar-refractivity contribution in [3.63, 3.8) is 0 Å². The largest absolute Gasteiger partial charge is 0.465 e. The van der Waals surface area contributed by atoms with Gasteiger partial charge in [0.25, 0.3) is 17.5 Å². The average molecular weight is 604 g/mol. The number of non-ortho nitro benzene ring substituents is 1. The molecule has 0 N–H and O–H groups in total. The van der Waals surface area contributed by atoms with Crippen molar-refractivity contribution >= 4 is 35.2 Å². The lowest BCUT2D eigenvalue weighted by Crippen LogP contribution is -2.37. The number of hydrogen-bond donors (Lipinski definition) is 0. The van der Waals surface area contributed by atoms with Crippen LogP contribution in [0.2, 0.25) is 0 Å². The summed E-state index contributed by atoms with van der Waals surface area (Å²) < 4.78 is 11.2. The van der Waals surface area contributed by atoms with Crippen LogP contribution in [0.15, 0.2) is 64.8 Å². The molecule has 2 amide bonds. The Morgan fingerprint density at radius 2 is 1.61 bits per heavy atom. The molecule has 2 aliphatic heterocycles. The van der Waals surface area contributed by atoms with Crippen LogP contribution in [-0.2, 0) is 19.1 Å². The standard InChI is InChI=1S/C33H37N3O8/c1-20(2)19-44-33(40)28-22(4)34-21(3)27(29(28)23-12-11-13-24(18-23)36(41)42)32(39)43-17-10-6-5-9-16-35-30(37)25-14-7-8-15-26(25)31(35)38/h7-8,11-15,18,20,28-29H,5-6,9-10,16-17,19H2,1-4H3. The van der Waals surface area contributed by atoms with Gasteiger partial charge in [0.05, 0.1) is 34.8 Å². The summed E-state index contributed by atoms with van der Waals surface area (Å²) in [5.41, 5.74) is 2.08. The highest BCUT2D eigenvalue weighted by Gasteiger charge is 2.43. The molecule has 2 heterocycles. The first-order valence-corrected chi connectivity index (χ1v) is 14.8. The van der Waals surface area contributed by atoms with Gasteiger partial charge in [-0.15, -0.1) is 0 Å². The Labute approximate surface area is 256 Å². The molecule has 2 unspecified atom stereocenters. The summed E-state index contributed by atoms with van der Waals surface area (Å²) in [7, 11) is 0. The maximum atomic E-state index is 13.5. The van der Waals surface area contributed by atoms with Crippen molar-refractivity contribution in [2.75, 3.05) is 19.8 Å². The fraction of sp³-hybridized carbons (Fsp3) is 0.424. The van der Waals surface area contributed by atoms with Crippen molar-refractivity contribution < 1.29 is 33.6 Å². The normalized spacial score (nSPS) is 17.9. The Bertz CT molecular complexity index is 1490. The molecular weight excluding hydrogens is 566 g/mol. The number of carbonyl (C=O) groups excluding carboxylic acids is 4. The van der Waals surface area contributed by atoms with Crippen LogP contribution in [-0.4, -0.2) is 59.0 Å². The second-order valence-corrected chi connectivity index (χ2v) is 11.4. The molecule has 11 heteroatoms. The molecule has 2 aromatic carbocycles. The Morgan fingerprint density at radius 3 is 2.25 bits per heavy atom. The SMILES string of the molecule is CC1=NC(C)=C(C(=O)OCCCCCCN2C(=O)c3ccccc3C2=O)C(c2cccc([N+](=O)[O-])c2)C1C(=O)OCC(C)C. The average Bonchev–Trinajstić information content (AvgIpc) is 3.23. The third-order valence-electron chi connectivity index (χ3n) is 7.69. The maximum Gasteiger partial charge on any atom is 0.336 e. The van der Waals surface area contributed by atoms with Crippen LogP contribution in [0.1, 0.15) is 85.6 Å². The van der Waals surface area contributed by atoms with Crippen LogP contribution in [0, 0.1) is 22.0 Å². The molecule has 0 spiro atoms. The van der Waals surface area contributed by atoms with E-state index in [-0.39, 0.29) is 42.2 Å². The van der Waals surface area contributed by atoms with Crippen molar-refractivity contribution in [3.05, 3.63) is 86.6 Å². The summed E-state index contributed by atoms with van der Waals surface area (Å²) in [6.07, 6.45) is 2.58. The van der Waals surface area contributed by atoms with E-state index in [4.69, 9.17) is 9.47 Å². The number of hydrogen-bond acceptors (Lipinski definition) is 9. The molecule has 2 aromatic rings. The van der Waals surface area contributed by atoms with Gasteiger partial charge in [0.15, 0.2) is 0 Å². The first-order chi connectivity index (χ1) is 21.0. The molecule has 2 atom stereocenters. The Morgan fingerprint density at radius 1 is 0.955 bits per heavy atom. The molecule has 232 valence electrons. The van der Waals surface area contributed by atoms with Gasteiger partial charge in [-0.1, -0.05) is 44.5 Å². The third-order valence-corrected chi connectivity index (χ3v) is 7.69. The molecule has 44 heavy (non-hydrogen) atoms. The van der Waals surface area contributed by atoms with Crippen molar-refractivity contribution in [3.8, 4) is 0 Å². The predicted octanol–water partition coefficient (Wildman–Crippen LogP) is 5.64. The van der Waals surface area contributed by atoms with Crippen molar-refractivity contribution in [2.24, 2.45) is 16.8 Å². The van der Waals surface area contributed by atoms with Gasteiger partial charge in [0, 0.05) is 36.0 Å². The maximum absolute atomic E-state index is 13.5. The quantitative estimate of drug-likeness (QED) is 0.0940. The molecule has 4 rings (SSSR count). The Hall–Kier alpha value is -4.67. The van der Waals surface area contributed by atoms with Crippen molar-refractivity contribution in [2.45, 2.75) is 59.3 Å². The first kappa shape index (κ1) is 32.2. The molecule has 11 nitrogen and oxygen atoms in total. The summed E-state index contributed by atoms with van der Waals surface area (Å²) in [5, 5.41) is 11.5. The van der Waals surface area contributed by atoms with E-state index in [0.29, 0.717) is 53.9 Å². The molecule has 0 radical (unpaired) electrons. The van der Waals surface area contributed by atoms with Crippen LogP contribution >= 0.6 is 0 Å². The van der Waals surface area contributed by atoms with Gasteiger partial charge >= 0.3 is 11.9 Å². The van der Waals surface area contributed by atoms with E-state index in [9.17, 15) is 29.3 Å². The number of amides is 2. The number of esters is 2. The highest BCUT2D eigenvalue weighted by atomic mass is 16.6. The van der Waals surface area contributed by atoms with E-state index >= 15 is 0 Å². The minimum Gasteiger partial charge on any atom is -0.465 e. The topological polar surface area (TPSA) is 145 Å². The number of nitro benzene ring substituents is 1. The molecular formula is C33H37N3O8. The smallest absolute Gasteiger partial charge is 0.336 e. The minimum atomic E-state index is -0.954. The Balaban J connectivity index is 1.39. The molecule has 0 saturated carbocycles. The number of fused-ring (bicyclic) bond motifs is 1. The van der Waals surface area contributed by atoms with Gasteiger partial charge in [-0.05, 0) is 56.7 Å². The van der Waals surface area contributed by atoms with Gasteiger partial charge in [-0.3, -0.25) is 34.4 Å². The monoisotopic (exact) mass is 603 g/mol. The van der Waals surface area contributed by atoms with Gasteiger partial charge in [0.2, 0.25) is 0 Å². The molecule has 0 bridgehead atoms. The number of aliphatic imine (C=N–C) groups is 1. The zero-order valence-electron chi connectivity index (χ0n) is 25.4. The molecule has 0 fully saturated rings. The number of imide groups is 1. The van der Waals surface area contributed by atoms with Crippen molar-refractivity contribution in [1.29, 1.82) is 0 Å². The number of benzene rings is 2. The number of nitro groups is 1. The zero-order chi connectivity index (χ0) is 32.0. The number of ether oxygens (including phenoxy) is 2. The summed E-state index contributed by atoms with van der Waals surface area (Å²) in [6, 6.07) is 12.7. The van der Waals surface area contributed by atoms with E-state index in [1.54, 1.807) is 44.2 Å². The number of carbonyl (C=O) groups is 4. The van der Waals surface area contributed by atoms with E-state index in [2.05, 4.69) is 4.99 Å². The number of nitrogens with zero attached hydrogens (tertiary/aromatic N) is 3. The lowest BCUT2D eigenvalue weighted by Gasteiger charge is -2.31. The Kier molecular flexibility index (Phi) is 10.4. The highest BCUT2D eigenvalue weighted by molar-refractivity contribution is 6.21. The fourth-order valence-electron chi connectivity index (χ4n) is 5.55. The fourth-order valence-corrected chi connectivity index (χ4v) is 5.55. The van der Waals surface area contributed by atoms with Gasteiger partial charge in [-0.25, -0.2) is 4.79 Å². The molecule has 0 aliphatic carbocycles. The molecule has 0 aromatic heterocycles. The van der Waals surface area contributed by atoms with Gasteiger partial charge in [-0.2, -0.15) is 0 Å². The zero-order valence-corrected chi connectivity index (χ0v) is 25.4. The first-order valence-electron chi connectivity index (χ1n) is 14.8. The number of allylic oxidation sites excluding steroid dienone is 1. The predicted molar refractivity (Wildman–Crippen MR) is 162 cm³/mol. The summed E-state index contributed by atoms with van der Waals surface area (Å²) in [6.45, 7) is 7.75. The van der Waals surface area contributed by atoms with Crippen LogP contribution < -0.4 is 0 Å². The van der Waals surface area contributed by atoms with Gasteiger partial charge < -0.3 is 9.47 Å². The lowest BCUT2D eigenvalue weighted by molar-refractivity contribution is -0.384. The van der Waals surface area contributed by atoms with E-state index in [0.717, 1.165) is 6.42 Å². The van der Waals surface area contributed by atoms with Crippen LogP contribution in [0.4, 0.5) is 5.69 Å². The second kappa shape index (κ2) is 14.2. The van der Waals surface area contributed by atoms with Gasteiger partial charge in [0.1, 0.15) is 5.92 Å². The molecule has 0 saturated heterocycles. The van der Waals surface area contributed by atoms with E-state index in [1.807, 2.05) is 13.8 Å². The summed E-state index contributed by atoms with van der Waals surface area (Å²) in [5.74, 6) is -3.51. The minimum absolute atomic E-state index is 0.0883. The van der Waals surface area contributed by atoms with Crippen LogP contribution in [0.25, 0.3) is 0 Å². The van der Waals surface area contributed by atoms with Crippen LogP contribution in [0.3, 0.4) is 0 Å². The lowest BCUT2D eigenvalue weighted by atomic mass is 9.75. The highest BCUT2D eigenvalue weighted by Crippen LogP contribution is 2.41. The van der Waals surface area contributed by atoms with E-state index in [1.165, 1.54) is 23.1 Å². The summed E-state index contributed by atoms with van der Waals surface area (Å²) >= 11 is 0. The molecule has 2 aliphatic rings. The number of unbranched alkanes of at least 4 members (excludes halogenated alkanes) is 3. The second-order valence-electron chi connectivity index (χ2n) is 11.4.